The molecule has 3 rings (SSSR count). The van der Waals surface area contributed by atoms with E-state index >= 15 is 0 Å². The number of carbonyl (C=O) groups is 1. The number of nitrogens with zero attached hydrogens (tertiary/aromatic N) is 3. The van der Waals surface area contributed by atoms with Crippen molar-refractivity contribution in [3.63, 3.8) is 0 Å². The zero-order valence-electron chi connectivity index (χ0n) is 12.1. The van der Waals surface area contributed by atoms with Crippen molar-refractivity contribution in [1.82, 2.24) is 14.8 Å². The van der Waals surface area contributed by atoms with Gasteiger partial charge in [0.2, 0.25) is 0 Å². The third kappa shape index (κ3) is 3.00. The zero-order chi connectivity index (χ0) is 14.9. The Bertz CT molecular complexity index is 627. The molecular formula is C15H19N3O2S. The Kier molecular flexibility index (Phi) is 3.80. The monoisotopic (exact) mass is 305 g/mol. The van der Waals surface area contributed by atoms with Crippen molar-refractivity contribution >= 4 is 17.3 Å². The van der Waals surface area contributed by atoms with Crippen LogP contribution in [-0.2, 0) is 18.3 Å². The average Bonchev–Trinajstić information content (AvgIpc) is 3.11. The molecule has 1 aliphatic rings. The molecule has 0 aromatic carbocycles. The van der Waals surface area contributed by atoms with Gasteiger partial charge in [0.05, 0.1) is 11.3 Å². The molecule has 2 heterocycles. The Morgan fingerprint density at radius 3 is 2.86 bits per heavy atom. The van der Waals surface area contributed by atoms with E-state index in [1.807, 2.05) is 24.6 Å². The molecule has 0 aliphatic heterocycles. The van der Waals surface area contributed by atoms with Crippen LogP contribution >= 0.6 is 11.3 Å². The Hall–Kier alpha value is -1.69. The van der Waals surface area contributed by atoms with E-state index in [9.17, 15) is 9.90 Å². The van der Waals surface area contributed by atoms with Crippen LogP contribution in [0.3, 0.4) is 0 Å². The molecule has 0 unspecified atom stereocenters. The summed E-state index contributed by atoms with van der Waals surface area (Å²) in [6.07, 6.45) is 5.11. The van der Waals surface area contributed by atoms with E-state index in [0.717, 1.165) is 42.2 Å². The SMILES string of the molecule is Cn1nc(-c2cccs2)nc1CC1(CC(=O)O)CCCC1. The number of rotatable bonds is 5. The Balaban J connectivity index is 1.85. The van der Waals surface area contributed by atoms with E-state index in [1.165, 1.54) is 0 Å². The van der Waals surface area contributed by atoms with Crippen LogP contribution < -0.4 is 0 Å². The molecule has 1 fully saturated rings. The zero-order valence-corrected chi connectivity index (χ0v) is 12.9. The van der Waals surface area contributed by atoms with Crippen molar-refractivity contribution in [1.29, 1.82) is 0 Å². The molecule has 2 aromatic rings. The highest BCUT2D eigenvalue weighted by molar-refractivity contribution is 7.13. The van der Waals surface area contributed by atoms with Gasteiger partial charge in [-0.25, -0.2) is 4.98 Å². The summed E-state index contributed by atoms with van der Waals surface area (Å²) in [6.45, 7) is 0. The summed E-state index contributed by atoms with van der Waals surface area (Å²) in [5, 5.41) is 15.7. The quantitative estimate of drug-likeness (QED) is 0.921. The molecule has 0 radical (unpaired) electrons. The molecule has 0 spiro atoms. The fraction of sp³-hybridized carbons (Fsp3) is 0.533. The molecule has 112 valence electrons. The fourth-order valence-electron chi connectivity index (χ4n) is 3.28. The van der Waals surface area contributed by atoms with Crippen molar-refractivity contribution in [2.24, 2.45) is 12.5 Å². The summed E-state index contributed by atoms with van der Waals surface area (Å²) in [4.78, 5) is 16.9. The maximum atomic E-state index is 11.2. The predicted molar refractivity (Wildman–Crippen MR) is 81.2 cm³/mol. The van der Waals surface area contributed by atoms with Gasteiger partial charge in [-0.15, -0.1) is 11.3 Å². The molecule has 0 bridgehead atoms. The largest absolute Gasteiger partial charge is 0.481 e. The second-order valence-electron chi connectivity index (χ2n) is 5.91. The van der Waals surface area contributed by atoms with Crippen LogP contribution in [0.25, 0.3) is 10.7 Å². The average molecular weight is 305 g/mol. The smallest absolute Gasteiger partial charge is 0.303 e. The van der Waals surface area contributed by atoms with Crippen molar-refractivity contribution in [2.75, 3.05) is 0 Å². The molecule has 0 atom stereocenters. The highest BCUT2D eigenvalue weighted by Gasteiger charge is 2.37. The molecule has 2 aromatic heterocycles. The number of hydrogen-bond donors (Lipinski definition) is 1. The maximum absolute atomic E-state index is 11.2. The first-order valence-electron chi connectivity index (χ1n) is 7.24. The van der Waals surface area contributed by atoms with E-state index in [4.69, 9.17) is 0 Å². The summed E-state index contributed by atoms with van der Waals surface area (Å²) < 4.78 is 1.80. The molecule has 1 aliphatic carbocycles. The normalized spacial score (nSPS) is 17.2. The summed E-state index contributed by atoms with van der Waals surface area (Å²) in [7, 11) is 1.89. The first-order chi connectivity index (χ1) is 10.1. The third-order valence-corrected chi connectivity index (χ3v) is 5.18. The van der Waals surface area contributed by atoms with Gasteiger partial charge in [0, 0.05) is 13.5 Å². The number of carboxylic acid groups (broad SMARTS) is 1. The number of aliphatic carboxylic acids is 1. The number of aryl methyl sites for hydroxylation is 1. The Morgan fingerprint density at radius 1 is 1.48 bits per heavy atom. The molecule has 5 nitrogen and oxygen atoms in total. The number of thiophene rings is 1. The lowest BCUT2D eigenvalue weighted by Gasteiger charge is -2.26. The van der Waals surface area contributed by atoms with E-state index < -0.39 is 5.97 Å². The minimum absolute atomic E-state index is 0.140. The van der Waals surface area contributed by atoms with Crippen LogP contribution in [0.5, 0.6) is 0 Å². The third-order valence-electron chi connectivity index (χ3n) is 4.32. The first-order valence-corrected chi connectivity index (χ1v) is 8.12. The lowest BCUT2D eigenvalue weighted by Crippen LogP contribution is -2.25. The summed E-state index contributed by atoms with van der Waals surface area (Å²) >= 11 is 1.62. The topological polar surface area (TPSA) is 68.0 Å². The van der Waals surface area contributed by atoms with Crippen molar-refractivity contribution in [3.8, 4) is 10.7 Å². The summed E-state index contributed by atoms with van der Waals surface area (Å²) in [5.74, 6) is 0.921. The minimum Gasteiger partial charge on any atom is -0.481 e. The highest BCUT2D eigenvalue weighted by Crippen LogP contribution is 2.43. The van der Waals surface area contributed by atoms with Gasteiger partial charge in [0.25, 0.3) is 0 Å². The number of hydrogen-bond acceptors (Lipinski definition) is 4. The minimum atomic E-state index is -0.711. The molecule has 0 saturated heterocycles. The summed E-state index contributed by atoms with van der Waals surface area (Å²) in [6, 6.07) is 3.99. The van der Waals surface area contributed by atoms with E-state index in [2.05, 4.69) is 10.1 Å². The lowest BCUT2D eigenvalue weighted by atomic mass is 9.79. The van der Waals surface area contributed by atoms with Crippen molar-refractivity contribution < 1.29 is 9.90 Å². The van der Waals surface area contributed by atoms with Gasteiger partial charge in [-0.3, -0.25) is 9.48 Å². The fourth-order valence-corrected chi connectivity index (χ4v) is 3.93. The van der Waals surface area contributed by atoms with Crippen molar-refractivity contribution in [2.45, 2.75) is 38.5 Å². The molecular weight excluding hydrogens is 286 g/mol. The van der Waals surface area contributed by atoms with Gasteiger partial charge < -0.3 is 5.11 Å². The lowest BCUT2D eigenvalue weighted by molar-refractivity contribution is -0.139. The van der Waals surface area contributed by atoms with Crippen molar-refractivity contribution in [3.05, 3.63) is 23.3 Å². The molecule has 1 N–H and O–H groups in total. The highest BCUT2D eigenvalue weighted by atomic mass is 32.1. The predicted octanol–water partition coefficient (Wildman–Crippen LogP) is 3.12. The van der Waals surface area contributed by atoms with Crippen LogP contribution in [0.15, 0.2) is 17.5 Å². The van der Waals surface area contributed by atoms with Gasteiger partial charge in [-0.05, 0) is 29.7 Å². The molecule has 1 saturated carbocycles. The Morgan fingerprint density at radius 2 is 2.24 bits per heavy atom. The second-order valence-corrected chi connectivity index (χ2v) is 6.85. The number of aromatic nitrogens is 3. The van der Waals surface area contributed by atoms with E-state index in [0.29, 0.717) is 6.42 Å². The van der Waals surface area contributed by atoms with Crippen LogP contribution in [-0.4, -0.2) is 25.8 Å². The van der Waals surface area contributed by atoms with Gasteiger partial charge in [0.1, 0.15) is 5.82 Å². The second kappa shape index (κ2) is 5.60. The van der Waals surface area contributed by atoms with Gasteiger partial charge in [-0.2, -0.15) is 5.10 Å². The molecule has 0 amide bonds. The first kappa shape index (κ1) is 14.3. The van der Waals surface area contributed by atoms with Gasteiger partial charge in [0.15, 0.2) is 5.82 Å². The number of carboxylic acids is 1. The van der Waals surface area contributed by atoms with E-state index in [1.54, 1.807) is 16.0 Å². The molecule has 21 heavy (non-hydrogen) atoms. The molecule has 6 heteroatoms. The van der Waals surface area contributed by atoms with Crippen LogP contribution in [0.4, 0.5) is 0 Å². The standard InChI is InChI=1S/C15H19N3O2S/c1-18-12(16-14(17-18)11-5-4-8-21-11)9-15(10-13(19)20)6-2-3-7-15/h4-5,8H,2-3,6-7,9-10H2,1H3,(H,19,20). The van der Waals surface area contributed by atoms with Crippen LogP contribution in [0.2, 0.25) is 0 Å². The van der Waals surface area contributed by atoms with Crippen LogP contribution in [0.1, 0.15) is 37.9 Å². The van der Waals surface area contributed by atoms with Gasteiger partial charge >= 0.3 is 5.97 Å². The van der Waals surface area contributed by atoms with E-state index in [-0.39, 0.29) is 11.8 Å². The maximum Gasteiger partial charge on any atom is 0.303 e. The summed E-state index contributed by atoms with van der Waals surface area (Å²) in [5.41, 5.74) is -0.140. The Labute approximate surface area is 127 Å². The van der Waals surface area contributed by atoms with Gasteiger partial charge in [-0.1, -0.05) is 18.9 Å². The van der Waals surface area contributed by atoms with Crippen LogP contribution in [0, 0.1) is 5.41 Å².